The molecule has 2 nitrogen and oxygen atoms in total. The van der Waals surface area contributed by atoms with Crippen molar-refractivity contribution in [3.63, 3.8) is 0 Å². The van der Waals surface area contributed by atoms with Gasteiger partial charge in [-0.2, -0.15) is 8.78 Å². The van der Waals surface area contributed by atoms with Crippen molar-refractivity contribution in [3.8, 4) is 5.75 Å². The van der Waals surface area contributed by atoms with Gasteiger partial charge in [0, 0.05) is 23.3 Å². The van der Waals surface area contributed by atoms with Crippen molar-refractivity contribution in [1.82, 2.24) is 0 Å². The van der Waals surface area contributed by atoms with Crippen LogP contribution in [0.25, 0.3) is 0 Å². The number of anilines is 1. The molecular weight excluding hydrogens is 272 g/mol. The highest BCUT2D eigenvalue weighted by Crippen LogP contribution is 2.21. The van der Waals surface area contributed by atoms with Gasteiger partial charge in [0.25, 0.3) is 0 Å². The smallest absolute Gasteiger partial charge is 0.387 e. The van der Waals surface area contributed by atoms with E-state index in [0.29, 0.717) is 17.3 Å². The SMILES string of the molecule is FC(F)Oc1cccc(NCc2ccccc2Cl)c1. The maximum Gasteiger partial charge on any atom is 0.387 e. The van der Waals surface area contributed by atoms with Gasteiger partial charge in [0.05, 0.1) is 0 Å². The van der Waals surface area contributed by atoms with Gasteiger partial charge in [-0.05, 0) is 23.8 Å². The van der Waals surface area contributed by atoms with E-state index in [4.69, 9.17) is 11.6 Å². The summed E-state index contributed by atoms with van der Waals surface area (Å²) in [6.07, 6.45) is 0. The van der Waals surface area contributed by atoms with E-state index in [1.165, 1.54) is 12.1 Å². The summed E-state index contributed by atoms with van der Waals surface area (Å²) in [7, 11) is 0. The van der Waals surface area contributed by atoms with Gasteiger partial charge in [0.15, 0.2) is 0 Å². The molecule has 19 heavy (non-hydrogen) atoms. The average Bonchev–Trinajstić information content (AvgIpc) is 2.37. The molecule has 0 saturated carbocycles. The third-order valence-electron chi connectivity index (χ3n) is 2.50. The highest BCUT2D eigenvalue weighted by molar-refractivity contribution is 6.31. The molecule has 1 N–H and O–H groups in total. The molecule has 0 spiro atoms. The molecule has 0 radical (unpaired) electrons. The number of hydrogen-bond donors (Lipinski definition) is 1. The van der Waals surface area contributed by atoms with Gasteiger partial charge in [-0.25, -0.2) is 0 Å². The molecule has 5 heteroatoms. The van der Waals surface area contributed by atoms with E-state index >= 15 is 0 Å². The fourth-order valence-electron chi connectivity index (χ4n) is 1.62. The van der Waals surface area contributed by atoms with Gasteiger partial charge in [-0.1, -0.05) is 35.9 Å². The summed E-state index contributed by atoms with van der Waals surface area (Å²) in [5, 5.41) is 3.77. The number of nitrogens with one attached hydrogen (secondary N) is 1. The Labute approximate surface area is 115 Å². The van der Waals surface area contributed by atoms with Crippen LogP contribution < -0.4 is 10.1 Å². The fourth-order valence-corrected chi connectivity index (χ4v) is 1.82. The molecule has 2 aromatic rings. The van der Waals surface area contributed by atoms with Crippen LogP contribution in [-0.2, 0) is 6.54 Å². The van der Waals surface area contributed by atoms with Crippen molar-refractivity contribution in [2.45, 2.75) is 13.2 Å². The molecule has 0 aliphatic heterocycles. The van der Waals surface area contributed by atoms with Crippen LogP contribution in [0, 0.1) is 0 Å². The number of benzene rings is 2. The highest BCUT2D eigenvalue weighted by atomic mass is 35.5. The molecule has 0 saturated heterocycles. The van der Waals surface area contributed by atoms with E-state index in [1.807, 2.05) is 18.2 Å². The van der Waals surface area contributed by atoms with Crippen LogP contribution in [0.4, 0.5) is 14.5 Å². The van der Waals surface area contributed by atoms with Crippen LogP contribution in [0.5, 0.6) is 5.75 Å². The van der Waals surface area contributed by atoms with E-state index < -0.39 is 6.61 Å². The molecule has 100 valence electrons. The van der Waals surface area contributed by atoms with Crippen molar-refractivity contribution in [3.05, 3.63) is 59.1 Å². The molecule has 0 bridgehead atoms. The number of halogens is 3. The normalized spacial score (nSPS) is 10.5. The molecule has 2 aromatic carbocycles. The van der Waals surface area contributed by atoms with Crippen LogP contribution in [0.1, 0.15) is 5.56 Å². The largest absolute Gasteiger partial charge is 0.435 e. The Morgan fingerprint density at radius 2 is 1.89 bits per heavy atom. The lowest BCUT2D eigenvalue weighted by Crippen LogP contribution is -2.03. The van der Waals surface area contributed by atoms with Crippen molar-refractivity contribution in [2.75, 3.05) is 5.32 Å². The Morgan fingerprint density at radius 1 is 1.11 bits per heavy atom. The van der Waals surface area contributed by atoms with E-state index in [-0.39, 0.29) is 5.75 Å². The average molecular weight is 284 g/mol. The van der Waals surface area contributed by atoms with Crippen LogP contribution in [-0.4, -0.2) is 6.61 Å². The maximum absolute atomic E-state index is 12.1. The second kappa shape index (κ2) is 6.38. The third kappa shape index (κ3) is 4.10. The zero-order valence-electron chi connectivity index (χ0n) is 9.95. The quantitative estimate of drug-likeness (QED) is 0.869. The fraction of sp³-hybridized carbons (Fsp3) is 0.143. The first-order valence-corrected chi connectivity index (χ1v) is 6.05. The minimum Gasteiger partial charge on any atom is -0.435 e. The van der Waals surface area contributed by atoms with E-state index in [0.717, 1.165) is 5.56 Å². The lowest BCUT2D eigenvalue weighted by Gasteiger charge is -2.10. The summed E-state index contributed by atoms with van der Waals surface area (Å²) in [4.78, 5) is 0. The predicted molar refractivity (Wildman–Crippen MR) is 71.9 cm³/mol. The lowest BCUT2D eigenvalue weighted by molar-refractivity contribution is -0.0498. The molecule has 0 unspecified atom stereocenters. The monoisotopic (exact) mass is 283 g/mol. The molecule has 0 heterocycles. The lowest BCUT2D eigenvalue weighted by atomic mass is 10.2. The van der Waals surface area contributed by atoms with Crippen molar-refractivity contribution in [1.29, 1.82) is 0 Å². The molecule has 0 amide bonds. The van der Waals surface area contributed by atoms with Crippen molar-refractivity contribution < 1.29 is 13.5 Å². The zero-order chi connectivity index (χ0) is 13.7. The van der Waals surface area contributed by atoms with E-state index in [9.17, 15) is 8.78 Å². The van der Waals surface area contributed by atoms with Gasteiger partial charge >= 0.3 is 6.61 Å². The van der Waals surface area contributed by atoms with Gasteiger partial charge in [0.2, 0.25) is 0 Å². The Balaban J connectivity index is 2.02. The second-order valence-electron chi connectivity index (χ2n) is 3.85. The molecule has 2 rings (SSSR count). The Bertz CT molecular complexity index is 548. The second-order valence-corrected chi connectivity index (χ2v) is 4.26. The van der Waals surface area contributed by atoms with Crippen molar-refractivity contribution >= 4 is 17.3 Å². The number of alkyl halides is 2. The minimum atomic E-state index is -2.82. The zero-order valence-corrected chi connectivity index (χ0v) is 10.7. The minimum absolute atomic E-state index is 0.124. The summed E-state index contributed by atoms with van der Waals surface area (Å²) < 4.78 is 28.5. The van der Waals surface area contributed by atoms with E-state index in [1.54, 1.807) is 18.2 Å². The molecule has 0 atom stereocenters. The van der Waals surface area contributed by atoms with Crippen LogP contribution in [0.3, 0.4) is 0 Å². The van der Waals surface area contributed by atoms with E-state index in [2.05, 4.69) is 10.1 Å². The number of rotatable bonds is 5. The first-order chi connectivity index (χ1) is 9.15. The standard InChI is InChI=1S/C14H12ClF2NO/c15-13-7-2-1-4-10(13)9-18-11-5-3-6-12(8-11)19-14(16)17/h1-8,14,18H,9H2. The summed E-state index contributed by atoms with van der Waals surface area (Å²) in [5.74, 6) is 0.124. The van der Waals surface area contributed by atoms with Crippen LogP contribution >= 0.6 is 11.6 Å². The Morgan fingerprint density at radius 3 is 2.63 bits per heavy atom. The molecule has 0 aliphatic rings. The molecular formula is C14H12ClF2NO. The van der Waals surface area contributed by atoms with Gasteiger partial charge in [0.1, 0.15) is 5.75 Å². The summed E-state index contributed by atoms with van der Waals surface area (Å²) >= 11 is 6.03. The van der Waals surface area contributed by atoms with Gasteiger partial charge < -0.3 is 10.1 Å². The Kier molecular flexibility index (Phi) is 4.58. The topological polar surface area (TPSA) is 21.3 Å². The van der Waals surface area contributed by atoms with Gasteiger partial charge in [-0.15, -0.1) is 0 Å². The predicted octanol–water partition coefficient (Wildman–Crippen LogP) is 4.55. The molecule has 0 fully saturated rings. The maximum atomic E-state index is 12.1. The van der Waals surface area contributed by atoms with Crippen LogP contribution in [0.15, 0.2) is 48.5 Å². The number of hydrogen-bond acceptors (Lipinski definition) is 2. The first-order valence-electron chi connectivity index (χ1n) is 5.67. The summed E-state index contributed by atoms with van der Waals surface area (Å²) in [6.45, 7) is -2.31. The number of ether oxygens (including phenoxy) is 1. The van der Waals surface area contributed by atoms with Gasteiger partial charge in [-0.3, -0.25) is 0 Å². The summed E-state index contributed by atoms with van der Waals surface area (Å²) in [5.41, 5.74) is 1.63. The third-order valence-corrected chi connectivity index (χ3v) is 2.87. The first kappa shape index (κ1) is 13.6. The highest BCUT2D eigenvalue weighted by Gasteiger charge is 2.05. The Hall–Kier alpha value is -1.81. The molecule has 0 aromatic heterocycles. The summed E-state index contributed by atoms with van der Waals surface area (Å²) in [6, 6.07) is 13.9. The van der Waals surface area contributed by atoms with Crippen LogP contribution in [0.2, 0.25) is 5.02 Å². The van der Waals surface area contributed by atoms with Crippen molar-refractivity contribution in [2.24, 2.45) is 0 Å². The molecule has 0 aliphatic carbocycles.